The van der Waals surface area contributed by atoms with Crippen molar-refractivity contribution in [3.63, 3.8) is 0 Å². The molecule has 2 aliphatic rings. The summed E-state index contributed by atoms with van der Waals surface area (Å²) < 4.78 is 0. The third-order valence-corrected chi connectivity index (χ3v) is 8.43. The second-order valence-electron chi connectivity index (χ2n) is 9.51. The van der Waals surface area contributed by atoms with Crippen LogP contribution in [0, 0.1) is 5.41 Å². The molecule has 2 atom stereocenters. The van der Waals surface area contributed by atoms with Gasteiger partial charge in [-0.15, -0.1) is 0 Å². The van der Waals surface area contributed by atoms with Crippen LogP contribution in [0.2, 0.25) is 0 Å². The van der Waals surface area contributed by atoms with E-state index in [0.29, 0.717) is 0 Å². The van der Waals surface area contributed by atoms with Gasteiger partial charge in [0.15, 0.2) is 0 Å². The Bertz CT molecular complexity index is 1130. The SMILES string of the molecule is C=C1C2(CC)CCc3cc4cc(CCCC)ccc4cc3-c3ccccc3C12CC. The molecule has 2 aliphatic carbocycles. The molecule has 3 aromatic rings. The molecule has 1 saturated carbocycles. The van der Waals surface area contributed by atoms with Gasteiger partial charge in [0.2, 0.25) is 0 Å². The van der Waals surface area contributed by atoms with Crippen molar-refractivity contribution >= 4 is 10.8 Å². The summed E-state index contributed by atoms with van der Waals surface area (Å²) in [7, 11) is 0. The lowest BCUT2D eigenvalue weighted by molar-refractivity contribution is 0.367. The molecule has 0 aliphatic heterocycles. The van der Waals surface area contributed by atoms with Crippen molar-refractivity contribution in [1.82, 2.24) is 0 Å². The van der Waals surface area contributed by atoms with Crippen LogP contribution in [0.1, 0.15) is 69.6 Å². The van der Waals surface area contributed by atoms with Crippen molar-refractivity contribution in [3.8, 4) is 11.1 Å². The number of hydrogen-bond donors (Lipinski definition) is 0. The highest BCUT2D eigenvalue weighted by molar-refractivity contribution is 5.91. The normalized spacial score (nSPS) is 24.6. The molecule has 0 heteroatoms. The molecule has 0 bridgehead atoms. The molecule has 0 nitrogen and oxygen atoms in total. The first-order chi connectivity index (χ1) is 14.6. The summed E-state index contributed by atoms with van der Waals surface area (Å²) in [5, 5.41) is 2.77. The lowest BCUT2D eigenvalue weighted by atomic mass is 9.73. The number of fused-ring (bicyclic) bond motifs is 6. The molecule has 5 rings (SSSR count). The topological polar surface area (TPSA) is 0 Å². The number of rotatable bonds is 5. The molecule has 154 valence electrons. The smallest absolute Gasteiger partial charge is 0.0262 e. The Labute approximate surface area is 182 Å². The van der Waals surface area contributed by atoms with Crippen LogP contribution in [0.5, 0.6) is 0 Å². The largest absolute Gasteiger partial charge is 0.0983 e. The lowest BCUT2D eigenvalue weighted by Gasteiger charge is -2.29. The van der Waals surface area contributed by atoms with Gasteiger partial charge < -0.3 is 0 Å². The Hall–Kier alpha value is -2.34. The minimum absolute atomic E-state index is 0.162. The van der Waals surface area contributed by atoms with Crippen LogP contribution in [0.4, 0.5) is 0 Å². The zero-order chi connectivity index (χ0) is 20.9. The van der Waals surface area contributed by atoms with E-state index < -0.39 is 0 Å². The van der Waals surface area contributed by atoms with Gasteiger partial charge in [-0.3, -0.25) is 0 Å². The Morgan fingerprint density at radius 1 is 0.867 bits per heavy atom. The van der Waals surface area contributed by atoms with E-state index in [1.807, 2.05) is 0 Å². The average Bonchev–Trinajstić information content (AvgIpc) is 3.31. The highest BCUT2D eigenvalue weighted by Gasteiger charge is 2.69. The molecule has 1 fully saturated rings. The molecule has 0 aromatic heterocycles. The zero-order valence-electron chi connectivity index (χ0n) is 18.9. The molecule has 0 radical (unpaired) electrons. The van der Waals surface area contributed by atoms with E-state index in [1.54, 1.807) is 0 Å². The van der Waals surface area contributed by atoms with Gasteiger partial charge in [-0.2, -0.15) is 0 Å². The monoisotopic (exact) mass is 394 g/mol. The minimum Gasteiger partial charge on any atom is -0.0983 e. The fourth-order valence-corrected chi connectivity index (χ4v) is 6.70. The quantitative estimate of drug-likeness (QED) is 0.381. The molecule has 0 N–H and O–H groups in total. The van der Waals surface area contributed by atoms with Crippen molar-refractivity contribution in [2.24, 2.45) is 5.41 Å². The Balaban J connectivity index is 1.71. The van der Waals surface area contributed by atoms with E-state index in [4.69, 9.17) is 0 Å². The van der Waals surface area contributed by atoms with Gasteiger partial charge in [0.05, 0.1) is 0 Å². The fraction of sp³-hybridized carbons (Fsp3) is 0.400. The Morgan fingerprint density at radius 3 is 2.47 bits per heavy atom. The van der Waals surface area contributed by atoms with Crippen LogP contribution in [-0.4, -0.2) is 0 Å². The fourth-order valence-electron chi connectivity index (χ4n) is 6.70. The maximum absolute atomic E-state index is 4.64. The van der Waals surface area contributed by atoms with Crippen LogP contribution < -0.4 is 0 Å². The average molecular weight is 395 g/mol. The number of aryl methyl sites for hydroxylation is 2. The van der Waals surface area contributed by atoms with Crippen molar-refractivity contribution < 1.29 is 0 Å². The maximum atomic E-state index is 4.64. The van der Waals surface area contributed by atoms with Gasteiger partial charge in [0, 0.05) is 10.8 Å². The third kappa shape index (κ3) is 2.52. The minimum atomic E-state index is 0.162. The van der Waals surface area contributed by atoms with E-state index in [-0.39, 0.29) is 10.8 Å². The molecule has 0 spiro atoms. The van der Waals surface area contributed by atoms with E-state index in [9.17, 15) is 0 Å². The summed E-state index contributed by atoms with van der Waals surface area (Å²) in [5.74, 6) is 0. The van der Waals surface area contributed by atoms with Crippen LogP contribution in [0.25, 0.3) is 21.9 Å². The first-order valence-electron chi connectivity index (χ1n) is 12.0. The van der Waals surface area contributed by atoms with Gasteiger partial charge >= 0.3 is 0 Å². The Kier molecular flexibility index (Phi) is 4.65. The number of hydrogen-bond acceptors (Lipinski definition) is 0. The lowest BCUT2D eigenvalue weighted by Crippen LogP contribution is -2.21. The van der Waals surface area contributed by atoms with Crippen LogP contribution in [-0.2, 0) is 18.3 Å². The number of allylic oxidation sites excluding steroid dienone is 1. The van der Waals surface area contributed by atoms with Crippen molar-refractivity contribution in [3.05, 3.63) is 83.4 Å². The van der Waals surface area contributed by atoms with E-state index in [1.165, 1.54) is 76.3 Å². The predicted molar refractivity (Wildman–Crippen MR) is 130 cm³/mol. The molecular weight excluding hydrogens is 360 g/mol. The molecule has 3 aromatic carbocycles. The molecule has 0 saturated heterocycles. The Morgan fingerprint density at radius 2 is 1.70 bits per heavy atom. The summed E-state index contributed by atoms with van der Waals surface area (Å²) in [6.07, 6.45) is 8.42. The molecule has 2 unspecified atom stereocenters. The van der Waals surface area contributed by atoms with E-state index >= 15 is 0 Å². The first-order valence-corrected chi connectivity index (χ1v) is 12.0. The van der Waals surface area contributed by atoms with E-state index in [0.717, 1.165) is 12.8 Å². The summed E-state index contributed by atoms with van der Waals surface area (Å²) in [6.45, 7) is 11.6. The third-order valence-electron chi connectivity index (χ3n) is 8.43. The summed E-state index contributed by atoms with van der Waals surface area (Å²) in [5.41, 5.74) is 9.29. The van der Waals surface area contributed by atoms with Gasteiger partial charge in [0.25, 0.3) is 0 Å². The van der Waals surface area contributed by atoms with Crippen molar-refractivity contribution in [2.75, 3.05) is 0 Å². The van der Waals surface area contributed by atoms with Crippen LogP contribution in [0.3, 0.4) is 0 Å². The zero-order valence-corrected chi connectivity index (χ0v) is 18.9. The summed E-state index contributed by atoms with van der Waals surface area (Å²) >= 11 is 0. The summed E-state index contributed by atoms with van der Waals surface area (Å²) in [4.78, 5) is 0. The standard InChI is InChI=1S/C30H34/c1-5-8-11-22-14-15-23-20-27-24(19-25(23)18-22)16-17-29(6-2)21(4)30(29,7-3)28-13-10-9-12-26(27)28/h9-10,12-15,18-20H,4-8,11,16-17H2,1-3H3. The maximum Gasteiger partial charge on any atom is 0.0262 e. The van der Waals surface area contributed by atoms with Gasteiger partial charge in [-0.1, -0.05) is 87.9 Å². The van der Waals surface area contributed by atoms with E-state index in [2.05, 4.69) is 81.9 Å². The van der Waals surface area contributed by atoms with Gasteiger partial charge in [-0.05, 0) is 83.2 Å². The number of unbranched alkanes of at least 4 members (excludes halogenated alkanes) is 1. The summed E-state index contributed by atoms with van der Waals surface area (Å²) in [6, 6.07) is 21.2. The highest BCUT2D eigenvalue weighted by Crippen LogP contribution is 2.75. The van der Waals surface area contributed by atoms with Crippen molar-refractivity contribution in [1.29, 1.82) is 0 Å². The molecular formula is C30H34. The van der Waals surface area contributed by atoms with Crippen LogP contribution in [0.15, 0.2) is 66.7 Å². The van der Waals surface area contributed by atoms with Gasteiger partial charge in [-0.25, -0.2) is 0 Å². The second kappa shape index (κ2) is 7.12. The second-order valence-corrected chi connectivity index (χ2v) is 9.51. The van der Waals surface area contributed by atoms with Crippen LogP contribution >= 0.6 is 0 Å². The highest BCUT2D eigenvalue weighted by atomic mass is 14.7. The first kappa shape index (κ1) is 19.6. The molecule has 0 heterocycles. The molecule has 0 amide bonds. The number of benzene rings is 3. The molecule has 30 heavy (non-hydrogen) atoms. The predicted octanol–water partition coefficient (Wildman–Crippen LogP) is 8.41. The van der Waals surface area contributed by atoms with Crippen molar-refractivity contribution in [2.45, 2.75) is 71.1 Å². The van der Waals surface area contributed by atoms with Gasteiger partial charge in [0.1, 0.15) is 0 Å².